The number of rotatable bonds is 7. The van der Waals surface area contributed by atoms with E-state index in [1.54, 1.807) is 6.92 Å². The maximum absolute atomic E-state index is 13.2. The molecule has 0 spiro atoms. The Labute approximate surface area is 175 Å². The van der Waals surface area contributed by atoms with E-state index in [0.717, 1.165) is 12.1 Å². The molecule has 3 aromatic rings. The predicted molar refractivity (Wildman–Crippen MR) is 102 cm³/mol. The normalized spacial score (nSPS) is 13.2. The van der Waals surface area contributed by atoms with E-state index in [1.807, 2.05) is 0 Å². The Hall–Kier alpha value is -2.99. The number of benzene rings is 2. The summed E-state index contributed by atoms with van der Waals surface area (Å²) >= 11 is 0. The Morgan fingerprint density at radius 2 is 1.74 bits per heavy atom. The second-order valence-electron chi connectivity index (χ2n) is 6.48. The highest BCUT2D eigenvalue weighted by Crippen LogP contribution is 2.34. The average molecular weight is 458 g/mol. The highest BCUT2D eigenvalue weighted by Gasteiger charge is 2.37. The first-order valence-corrected chi connectivity index (χ1v) is 10.6. The molecular weight excluding hydrogens is 440 g/mol. The molecule has 1 atom stereocenters. The summed E-state index contributed by atoms with van der Waals surface area (Å²) in [6.07, 6.45) is -4.84. The lowest BCUT2D eigenvalue weighted by Crippen LogP contribution is -2.30. The number of hydrogen-bond acceptors (Lipinski definition) is 5. The van der Waals surface area contributed by atoms with Gasteiger partial charge in [-0.2, -0.15) is 13.2 Å². The molecule has 0 fully saturated rings. The largest absolute Gasteiger partial charge is 0.424 e. The van der Waals surface area contributed by atoms with Gasteiger partial charge >= 0.3 is 12.2 Å². The van der Waals surface area contributed by atoms with Gasteiger partial charge in [0.15, 0.2) is 5.82 Å². The molecule has 0 saturated heterocycles. The van der Waals surface area contributed by atoms with E-state index in [4.69, 9.17) is 4.74 Å². The lowest BCUT2D eigenvalue weighted by Gasteiger charge is -2.17. The fourth-order valence-corrected chi connectivity index (χ4v) is 4.31. The monoisotopic (exact) mass is 458 g/mol. The molecule has 12 heteroatoms. The molecule has 0 aliphatic heterocycles. The van der Waals surface area contributed by atoms with Crippen LogP contribution < -0.4 is 9.46 Å². The summed E-state index contributed by atoms with van der Waals surface area (Å²) in [7, 11) is -4.53. The van der Waals surface area contributed by atoms with Crippen LogP contribution >= 0.6 is 0 Å². The second kappa shape index (κ2) is 8.63. The van der Waals surface area contributed by atoms with E-state index in [1.165, 1.54) is 41.8 Å². The molecule has 7 nitrogen and oxygen atoms in total. The molecule has 0 amide bonds. The molecule has 0 saturated carbocycles. The maximum Gasteiger partial charge on any atom is 0.417 e. The van der Waals surface area contributed by atoms with Crippen molar-refractivity contribution in [3.05, 3.63) is 65.7 Å². The summed E-state index contributed by atoms with van der Waals surface area (Å²) in [6.45, 7) is 3.43. The van der Waals surface area contributed by atoms with Crippen molar-refractivity contribution in [1.82, 2.24) is 19.5 Å². The van der Waals surface area contributed by atoms with E-state index < -0.39 is 38.5 Å². The van der Waals surface area contributed by atoms with Crippen LogP contribution in [-0.4, -0.2) is 23.2 Å². The van der Waals surface area contributed by atoms with Gasteiger partial charge in [-0.05, 0) is 50.2 Å². The number of ether oxygens (including phenoxy) is 1. The molecule has 1 aromatic heterocycles. The zero-order valence-electron chi connectivity index (χ0n) is 16.4. The summed E-state index contributed by atoms with van der Waals surface area (Å²) in [4.78, 5) is -0.889. The Morgan fingerprint density at radius 3 is 2.35 bits per heavy atom. The third-order valence-electron chi connectivity index (χ3n) is 4.29. The summed E-state index contributed by atoms with van der Waals surface area (Å²) in [5.74, 6) is -0.0396. The number of nitrogens with one attached hydrogen (secondary N) is 1. The van der Waals surface area contributed by atoms with Gasteiger partial charge in [0.25, 0.3) is 0 Å². The molecule has 0 bridgehead atoms. The molecule has 0 radical (unpaired) electrons. The van der Waals surface area contributed by atoms with E-state index in [-0.39, 0.29) is 24.1 Å². The molecular formula is C19H18F4N4O3S. The third-order valence-corrected chi connectivity index (χ3v) is 5.88. The summed E-state index contributed by atoms with van der Waals surface area (Å²) in [5, 5.41) is 7.78. The Balaban J connectivity index is 1.88. The van der Waals surface area contributed by atoms with Crippen molar-refractivity contribution in [1.29, 1.82) is 0 Å². The highest BCUT2D eigenvalue weighted by molar-refractivity contribution is 7.89. The molecule has 166 valence electrons. The van der Waals surface area contributed by atoms with E-state index in [0.29, 0.717) is 6.07 Å². The number of hydrogen-bond donors (Lipinski definition) is 1. The SMILES string of the molecule is CCn1c(Oc2ccc(F)cc2)nnc1[C@@H](C)NS(=O)(=O)c1ccccc1C(F)(F)F. The first-order chi connectivity index (χ1) is 14.5. The quantitative estimate of drug-likeness (QED) is 0.534. The first-order valence-electron chi connectivity index (χ1n) is 9.08. The first kappa shape index (κ1) is 22.7. The summed E-state index contributed by atoms with van der Waals surface area (Å²) in [5.41, 5.74) is -1.27. The zero-order valence-corrected chi connectivity index (χ0v) is 17.2. The van der Waals surface area contributed by atoms with Gasteiger partial charge in [-0.3, -0.25) is 4.57 Å². The van der Waals surface area contributed by atoms with Crippen molar-refractivity contribution in [2.24, 2.45) is 0 Å². The van der Waals surface area contributed by atoms with E-state index in [2.05, 4.69) is 14.9 Å². The van der Waals surface area contributed by atoms with Crippen LogP contribution in [0, 0.1) is 5.82 Å². The van der Waals surface area contributed by atoms with Crippen LogP contribution in [0.4, 0.5) is 17.6 Å². The van der Waals surface area contributed by atoms with Crippen LogP contribution in [0.5, 0.6) is 11.8 Å². The summed E-state index contributed by atoms with van der Waals surface area (Å²) < 4.78 is 87.3. The lowest BCUT2D eigenvalue weighted by atomic mass is 10.2. The third kappa shape index (κ3) is 5.02. The van der Waals surface area contributed by atoms with Crippen molar-refractivity contribution in [3.8, 4) is 11.8 Å². The standard InChI is InChI=1S/C19H18F4N4O3S/c1-3-27-17(24-25-18(27)30-14-10-8-13(20)9-11-14)12(2)26-31(28,29)16-7-5-4-6-15(16)19(21,22)23/h4-12,26H,3H2,1-2H3/t12-/m1/s1. The Kier molecular flexibility index (Phi) is 6.32. The van der Waals surface area contributed by atoms with E-state index >= 15 is 0 Å². The average Bonchev–Trinajstić information content (AvgIpc) is 3.11. The summed E-state index contributed by atoms with van der Waals surface area (Å²) in [6, 6.07) is 8.03. The molecule has 31 heavy (non-hydrogen) atoms. The fourth-order valence-electron chi connectivity index (χ4n) is 2.89. The molecule has 0 unspecified atom stereocenters. The van der Waals surface area contributed by atoms with Crippen molar-refractivity contribution in [2.45, 2.75) is 37.5 Å². The van der Waals surface area contributed by atoms with Gasteiger partial charge in [-0.25, -0.2) is 17.5 Å². The van der Waals surface area contributed by atoms with Gasteiger partial charge in [0.05, 0.1) is 16.5 Å². The van der Waals surface area contributed by atoms with Gasteiger partial charge in [0.2, 0.25) is 10.0 Å². The highest BCUT2D eigenvalue weighted by atomic mass is 32.2. The topological polar surface area (TPSA) is 86.1 Å². The van der Waals surface area contributed by atoms with Crippen LogP contribution in [0.15, 0.2) is 53.4 Å². The van der Waals surface area contributed by atoms with Gasteiger partial charge < -0.3 is 4.74 Å². The Bertz CT molecular complexity index is 1160. The number of sulfonamides is 1. The second-order valence-corrected chi connectivity index (χ2v) is 8.16. The van der Waals surface area contributed by atoms with Crippen LogP contribution in [0.2, 0.25) is 0 Å². The van der Waals surface area contributed by atoms with Crippen LogP contribution in [0.25, 0.3) is 0 Å². The van der Waals surface area contributed by atoms with Crippen LogP contribution in [0.1, 0.15) is 31.3 Å². The van der Waals surface area contributed by atoms with Crippen molar-refractivity contribution in [3.63, 3.8) is 0 Å². The number of halogens is 4. The van der Waals surface area contributed by atoms with Crippen LogP contribution in [-0.2, 0) is 22.7 Å². The lowest BCUT2D eigenvalue weighted by molar-refractivity contribution is -0.139. The minimum absolute atomic E-state index is 0.0193. The van der Waals surface area contributed by atoms with Gasteiger partial charge in [-0.1, -0.05) is 17.2 Å². The molecule has 0 aliphatic rings. The molecule has 1 N–H and O–H groups in total. The van der Waals surface area contributed by atoms with Crippen molar-refractivity contribution >= 4 is 10.0 Å². The number of alkyl halides is 3. The van der Waals surface area contributed by atoms with Gasteiger partial charge in [0.1, 0.15) is 11.6 Å². The van der Waals surface area contributed by atoms with Crippen LogP contribution in [0.3, 0.4) is 0 Å². The number of aromatic nitrogens is 3. The van der Waals surface area contributed by atoms with Gasteiger partial charge in [0, 0.05) is 6.54 Å². The number of nitrogens with zero attached hydrogens (tertiary/aromatic N) is 3. The van der Waals surface area contributed by atoms with E-state index in [9.17, 15) is 26.0 Å². The van der Waals surface area contributed by atoms with Crippen molar-refractivity contribution < 1.29 is 30.7 Å². The molecule has 2 aromatic carbocycles. The Morgan fingerprint density at radius 1 is 1.10 bits per heavy atom. The smallest absolute Gasteiger partial charge is 0.417 e. The maximum atomic E-state index is 13.2. The predicted octanol–water partition coefficient (Wildman–Crippen LogP) is 4.29. The fraction of sp³-hybridized carbons (Fsp3) is 0.263. The zero-order chi connectivity index (χ0) is 22.8. The van der Waals surface area contributed by atoms with Crippen molar-refractivity contribution in [2.75, 3.05) is 0 Å². The minimum Gasteiger partial charge on any atom is -0.424 e. The molecule has 0 aliphatic carbocycles. The molecule has 3 rings (SSSR count). The molecule has 1 heterocycles. The van der Waals surface area contributed by atoms with Gasteiger partial charge in [-0.15, -0.1) is 5.10 Å². The minimum atomic E-state index is -4.84.